The van der Waals surface area contributed by atoms with Gasteiger partial charge in [-0.1, -0.05) is 24.8 Å². The highest BCUT2D eigenvalue weighted by molar-refractivity contribution is 6.60. The maximum atomic E-state index is 12.2. The fourth-order valence-corrected chi connectivity index (χ4v) is 3.83. The maximum absolute atomic E-state index is 12.2. The zero-order valence-corrected chi connectivity index (χ0v) is 15.8. The molecule has 0 aliphatic carbocycles. The van der Waals surface area contributed by atoms with Crippen molar-refractivity contribution in [1.82, 2.24) is 0 Å². The minimum absolute atomic E-state index is 0.0694. The van der Waals surface area contributed by atoms with Crippen LogP contribution in [-0.2, 0) is 22.8 Å². The third-order valence-electron chi connectivity index (χ3n) is 3.49. The van der Waals surface area contributed by atoms with Gasteiger partial charge in [0.05, 0.1) is 17.7 Å². The molecule has 1 rings (SSSR count). The van der Waals surface area contributed by atoms with E-state index in [1.54, 1.807) is 12.1 Å². The fourth-order valence-electron chi connectivity index (χ4n) is 2.14. The lowest BCUT2D eigenvalue weighted by Gasteiger charge is -2.24. The molecule has 1 aromatic carbocycles. The van der Waals surface area contributed by atoms with Gasteiger partial charge in [-0.15, -0.1) is 0 Å². The molecular formula is C17H24O7Si. The molecule has 0 aliphatic heterocycles. The minimum Gasteiger partial charge on any atom is -0.462 e. The molecule has 0 radical (unpaired) electrons. The average Bonchev–Trinajstić information content (AvgIpc) is 2.66. The SMILES string of the molecule is C=CCOC(=O)c1ccccc1C(=O)OCCC[Si](OC)(OC)OC. The number of carbonyl (C=O) groups is 2. The van der Waals surface area contributed by atoms with E-state index in [2.05, 4.69) is 6.58 Å². The molecule has 7 nitrogen and oxygen atoms in total. The molecule has 0 heterocycles. The number of hydrogen-bond donors (Lipinski definition) is 0. The lowest BCUT2D eigenvalue weighted by atomic mass is 10.1. The van der Waals surface area contributed by atoms with Gasteiger partial charge in [0.15, 0.2) is 0 Å². The summed E-state index contributed by atoms with van der Waals surface area (Å²) < 4.78 is 26.1. The monoisotopic (exact) mass is 368 g/mol. The molecule has 0 N–H and O–H groups in total. The second-order valence-corrected chi connectivity index (χ2v) is 8.06. The van der Waals surface area contributed by atoms with Crippen LogP contribution in [0.1, 0.15) is 27.1 Å². The van der Waals surface area contributed by atoms with Gasteiger partial charge in [0.1, 0.15) is 6.61 Å². The third kappa shape index (κ3) is 6.09. The van der Waals surface area contributed by atoms with E-state index in [9.17, 15) is 9.59 Å². The second kappa shape index (κ2) is 10.8. The topological polar surface area (TPSA) is 80.3 Å². The summed E-state index contributed by atoms with van der Waals surface area (Å²) in [6.07, 6.45) is 1.97. The second-order valence-electron chi connectivity index (χ2n) is 4.97. The van der Waals surface area contributed by atoms with Crippen LogP contribution in [0.3, 0.4) is 0 Å². The van der Waals surface area contributed by atoms with Gasteiger partial charge in [0.2, 0.25) is 0 Å². The quantitative estimate of drug-likeness (QED) is 0.257. The first-order valence-corrected chi connectivity index (χ1v) is 9.66. The fraction of sp³-hybridized carbons (Fsp3) is 0.412. The van der Waals surface area contributed by atoms with Crippen LogP contribution in [0.2, 0.25) is 6.04 Å². The highest BCUT2D eigenvalue weighted by atomic mass is 28.4. The Labute approximate surface area is 148 Å². The summed E-state index contributed by atoms with van der Waals surface area (Å²) in [7, 11) is 1.89. The van der Waals surface area contributed by atoms with Gasteiger partial charge in [0.25, 0.3) is 0 Å². The van der Waals surface area contributed by atoms with Crippen molar-refractivity contribution in [2.24, 2.45) is 0 Å². The average molecular weight is 368 g/mol. The highest BCUT2D eigenvalue weighted by Crippen LogP contribution is 2.16. The minimum atomic E-state index is -2.69. The summed E-state index contributed by atoms with van der Waals surface area (Å²) in [5.74, 6) is -1.19. The summed E-state index contributed by atoms with van der Waals surface area (Å²) in [6.45, 7) is 3.70. The number of esters is 2. The Bertz CT molecular complexity index is 576. The summed E-state index contributed by atoms with van der Waals surface area (Å²) >= 11 is 0. The summed E-state index contributed by atoms with van der Waals surface area (Å²) in [5.41, 5.74) is 0.314. The lowest BCUT2D eigenvalue weighted by Crippen LogP contribution is -2.42. The zero-order valence-electron chi connectivity index (χ0n) is 14.8. The van der Waals surface area contributed by atoms with Crippen molar-refractivity contribution in [2.45, 2.75) is 12.5 Å². The zero-order chi connectivity index (χ0) is 18.7. The van der Waals surface area contributed by atoms with Crippen LogP contribution in [0.5, 0.6) is 0 Å². The molecule has 0 atom stereocenters. The van der Waals surface area contributed by atoms with Crippen LogP contribution < -0.4 is 0 Å². The van der Waals surface area contributed by atoms with Crippen LogP contribution in [0, 0.1) is 0 Å². The first-order valence-electron chi connectivity index (χ1n) is 7.73. The predicted molar refractivity (Wildman–Crippen MR) is 93.4 cm³/mol. The van der Waals surface area contributed by atoms with E-state index >= 15 is 0 Å². The number of ether oxygens (including phenoxy) is 2. The van der Waals surface area contributed by atoms with Gasteiger partial charge < -0.3 is 22.8 Å². The van der Waals surface area contributed by atoms with Gasteiger partial charge in [-0.3, -0.25) is 0 Å². The van der Waals surface area contributed by atoms with E-state index in [1.165, 1.54) is 39.5 Å². The summed E-state index contributed by atoms with van der Waals surface area (Å²) in [4.78, 5) is 24.2. The van der Waals surface area contributed by atoms with E-state index in [4.69, 9.17) is 22.8 Å². The van der Waals surface area contributed by atoms with Crippen molar-refractivity contribution in [1.29, 1.82) is 0 Å². The van der Waals surface area contributed by atoms with E-state index in [1.807, 2.05) is 0 Å². The van der Waals surface area contributed by atoms with Crippen LogP contribution >= 0.6 is 0 Å². The highest BCUT2D eigenvalue weighted by Gasteiger charge is 2.37. The van der Waals surface area contributed by atoms with Gasteiger partial charge in [-0.25, -0.2) is 9.59 Å². The first-order chi connectivity index (χ1) is 12.0. The van der Waals surface area contributed by atoms with Crippen molar-refractivity contribution in [2.75, 3.05) is 34.5 Å². The molecule has 0 saturated heterocycles. The van der Waals surface area contributed by atoms with Crippen LogP contribution in [0.4, 0.5) is 0 Å². The molecule has 0 bridgehead atoms. The Morgan fingerprint density at radius 3 is 2.00 bits per heavy atom. The largest absolute Gasteiger partial charge is 0.500 e. The molecule has 0 spiro atoms. The molecule has 0 aromatic heterocycles. The smallest absolute Gasteiger partial charge is 0.462 e. The van der Waals surface area contributed by atoms with Crippen molar-refractivity contribution >= 4 is 20.7 Å². The van der Waals surface area contributed by atoms with Crippen molar-refractivity contribution < 1.29 is 32.3 Å². The summed E-state index contributed by atoms with van der Waals surface area (Å²) in [6, 6.07) is 6.84. The Morgan fingerprint density at radius 1 is 1.00 bits per heavy atom. The molecular weight excluding hydrogens is 344 g/mol. The van der Waals surface area contributed by atoms with Crippen molar-refractivity contribution in [3.8, 4) is 0 Å². The van der Waals surface area contributed by atoms with Crippen LogP contribution in [0.25, 0.3) is 0 Å². The van der Waals surface area contributed by atoms with Crippen molar-refractivity contribution in [3.63, 3.8) is 0 Å². The molecule has 25 heavy (non-hydrogen) atoms. The van der Waals surface area contributed by atoms with E-state index < -0.39 is 20.7 Å². The molecule has 8 heteroatoms. The van der Waals surface area contributed by atoms with Crippen LogP contribution in [0.15, 0.2) is 36.9 Å². The Kier molecular flexibility index (Phi) is 9.07. The van der Waals surface area contributed by atoms with Gasteiger partial charge in [-0.2, -0.15) is 0 Å². The number of benzene rings is 1. The number of rotatable bonds is 11. The standard InChI is InChI=1S/C17H24O7Si/c1-5-11-23-16(18)14-9-6-7-10-15(14)17(19)24-12-8-13-25(20-2,21-3)22-4/h5-7,9-10H,1,8,11-13H2,2-4H3. The third-order valence-corrected chi connectivity index (χ3v) is 6.32. The molecule has 1 aromatic rings. The van der Waals surface area contributed by atoms with Crippen molar-refractivity contribution in [3.05, 3.63) is 48.0 Å². The first kappa shape index (κ1) is 21.0. The predicted octanol–water partition coefficient (Wildman–Crippen LogP) is 2.45. The van der Waals surface area contributed by atoms with Gasteiger partial charge in [-0.05, 0) is 18.6 Å². The number of hydrogen-bond acceptors (Lipinski definition) is 7. The van der Waals surface area contributed by atoms with E-state index in [0.29, 0.717) is 12.5 Å². The van der Waals surface area contributed by atoms with E-state index in [0.717, 1.165) is 0 Å². The summed E-state index contributed by atoms with van der Waals surface area (Å²) in [5, 5.41) is 0. The maximum Gasteiger partial charge on any atom is 0.500 e. The Morgan fingerprint density at radius 2 is 1.52 bits per heavy atom. The van der Waals surface area contributed by atoms with E-state index in [-0.39, 0.29) is 24.3 Å². The molecule has 138 valence electrons. The molecule has 0 unspecified atom stereocenters. The molecule has 0 amide bonds. The molecule has 0 saturated carbocycles. The normalized spacial score (nSPS) is 11.0. The van der Waals surface area contributed by atoms with Gasteiger partial charge >= 0.3 is 20.7 Å². The van der Waals surface area contributed by atoms with Gasteiger partial charge in [0, 0.05) is 27.4 Å². The lowest BCUT2D eigenvalue weighted by molar-refractivity contribution is 0.0467. The molecule has 0 fully saturated rings. The van der Waals surface area contributed by atoms with Crippen LogP contribution in [-0.4, -0.2) is 55.3 Å². The molecule has 0 aliphatic rings. The number of carbonyl (C=O) groups excluding carboxylic acids is 2. The Hall–Kier alpha value is -2.00. The Balaban J connectivity index is 2.64.